The highest BCUT2D eigenvalue weighted by atomic mass is 32.1. The van der Waals surface area contributed by atoms with Crippen LogP contribution in [0.3, 0.4) is 0 Å². The van der Waals surface area contributed by atoms with E-state index in [1.807, 2.05) is 10.8 Å². The second kappa shape index (κ2) is 4.25. The Labute approximate surface area is 97.5 Å². The lowest BCUT2D eigenvalue weighted by Crippen LogP contribution is -2.53. The number of carbonyl (C=O) groups is 2. The summed E-state index contributed by atoms with van der Waals surface area (Å²) in [5.41, 5.74) is 0.700. The first-order valence-corrected chi connectivity index (χ1v) is 6.08. The number of hydrogen-bond acceptors (Lipinski definition) is 3. The van der Waals surface area contributed by atoms with E-state index < -0.39 is 5.97 Å². The molecule has 0 spiro atoms. The van der Waals surface area contributed by atoms with E-state index in [0.717, 1.165) is 0 Å². The van der Waals surface area contributed by atoms with Gasteiger partial charge in [0.15, 0.2) is 0 Å². The molecular formula is C11H13NO3S. The summed E-state index contributed by atoms with van der Waals surface area (Å²) in [6, 6.07) is 1.79. The largest absolute Gasteiger partial charge is 0.481 e. The Balaban J connectivity index is 1.89. The Kier molecular flexibility index (Phi) is 2.96. The van der Waals surface area contributed by atoms with E-state index in [2.05, 4.69) is 0 Å². The number of carbonyl (C=O) groups excluding carboxylic acids is 1. The van der Waals surface area contributed by atoms with Gasteiger partial charge in [-0.25, -0.2) is 0 Å². The van der Waals surface area contributed by atoms with Crippen molar-refractivity contribution >= 4 is 23.2 Å². The van der Waals surface area contributed by atoms with Crippen molar-refractivity contribution in [3.63, 3.8) is 0 Å². The van der Waals surface area contributed by atoms with Gasteiger partial charge in [0, 0.05) is 24.4 Å². The molecule has 2 heterocycles. The second-order valence-corrected chi connectivity index (χ2v) is 4.89. The summed E-state index contributed by atoms with van der Waals surface area (Å²) in [6.07, 6.45) is 0. The van der Waals surface area contributed by atoms with Crippen LogP contribution in [-0.2, 0) is 4.79 Å². The standard InChI is InChI=1S/C11H13NO3S/c1-7(11(14)15)9-4-12(5-9)10(13)8-2-3-16-6-8/h2-3,6-7,9H,4-5H2,1H3,(H,14,15). The van der Waals surface area contributed by atoms with Gasteiger partial charge in [-0.2, -0.15) is 11.3 Å². The molecule has 1 atom stereocenters. The number of thiophene rings is 1. The van der Waals surface area contributed by atoms with Gasteiger partial charge in [0.05, 0.1) is 11.5 Å². The van der Waals surface area contributed by atoms with Crippen LogP contribution < -0.4 is 0 Å². The molecule has 1 unspecified atom stereocenters. The van der Waals surface area contributed by atoms with Crippen molar-refractivity contribution in [2.45, 2.75) is 6.92 Å². The highest BCUT2D eigenvalue weighted by Crippen LogP contribution is 2.26. The van der Waals surface area contributed by atoms with E-state index in [1.165, 1.54) is 11.3 Å². The minimum atomic E-state index is -0.785. The molecule has 1 N–H and O–H groups in total. The van der Waals surface area contributed by atoms with Gasteiger partial charge in [0.1, 0.15) is 0 Å². The van der Waals surface area contributed by atoms with Crippen molar-refractivity contribution in [2.75, 3.05) is 13.1 Å². The number of carboxylic acids is 1. The molecule has 0 aliphatic carbocycles. The van der Waals surface area contributed by atoms with Gasteiger partial charge in [-0.3, -0.25) is 9.59 Å². The van der Waals surface area contributed by atoms with Crippen LogP contribution in [0.15, 0.2) is 16.8 Å². The van der Waals surface area contributed by atoms with E-state index in [0.29, 0.717) is 18.7 Å². The number of carboxylic acid groups (broad SMARTS) is 1. The van der Waals surface area contributed by atoms with Gasteiger partial charge in [-0.05, 0) is 11.4 Å². The number of rotatable bonds is 3. The van der Waals surface area contributed by atoms with Crippen LogP contribution in [0.5, 0.6) is 0 Å². The first kappa shape index (κ1) is 11.1. The molecule has 0 aromatic carbocycles. The van der Waals surface area contributed by atoms with Crippen LogP contribution >= 0.6 is 11.3 Å². The van der Waals surface area contributed by atoms with Gasteiger partial charge in [-0.15, -0.1) is 0 Å². The molecule has 1 amide bonds. The number of amides is 1. The molecule has 1 saturated heterocycles. The Hall–Kier alpha value is -1.36. The van der Waals surface area contributed by atoms with E-state index in [9.17, 15) is 9.59 Å². The van der Waals surface area contributed by atoms with E-state index in [1.54, 1.807) is 17.9 Å². The summed E-state index contributed by atoms with van der Waals surface area (Å²) < 4.78 is 0. The smallest absolute Gasteiger partial charge is 0.306 e. The topological polar surface area (TPSA) is 57.6 Å². The summed E-state index contributed by atoms with van der Waals surface area (Å²) in [7, 11) is 0. The van der Waals surface area contributed by atoms with E-state index in [4.69, 9.17) is 5.11 Å². The molecule has 16 heavy (non-hydrogen) atoms. The van der Waals surface area contributed by atoms with Crippen LogP contribution in [0, 0.1) is 11.8 Å². The van der Waals surface area contributed by atoms with Crippen molar-refractivity contribution in [1.82, 2.24) is 4.90 Å². The Morgan fingerprint density at radius 3 is 2.75 bits per heavy atom. The van der Waals surface area contributed by atoms with Crippen LogP contribution in [-0.4, -0.2) is 35.0 Å². The molecule has 1 aliphatic rings. The van der Waals surface area contributed by atoms with Gasteiger partial charge >= 0.3 is 5.97 Å². The fraction of sp³-hybridized carbons (Fsp3) is 0.455. The molecule has 0 bridgehead atoms. The van der Waals surface area contributed by atoms with E-state index >= 15 is 0 Å². The normalized spacial score (nSPS) is 17.9. The average Bonchev–Trinajstić information content (AvgIpc) is 2.67. The summed E-state index contributed by atoms with van der Waals surface area (Å²) in [6.45, 7) is 2.81. The first-order valence-electron chi connectivity index (χ1n) is 5.14. The van der Waals surface area contributed by atoms with Crippen molar-refractivity contribution in [3.05, 3.63) is 22.4 Å². The third-order valence-electron chi connectivity index (χ3n) is 3.06. The fourth-order valence-electron chi connectivity index (χ4n) is 1.77. The molecule has 0 radical (unpaired) electrons. The van der Waals surface area contributed by atoms with Crippen LogP contribution in [0.25, 0.3) is 0 Å². The molecule has 1 aromatic heterocycles. The molecular weight excluding hydrogens is 226 g/mol. The Morgan fingerprint density at radius 2 is 2.25 bits per heavy atom. The maximum absolute atomic E-state index is 11.8. The van der Waals surface area contributed by atoms with Crippen molar-refractivity contribution in [3.8, 4) is 0 Å². The summed E-state index contributed by atoms with van der Waals surface area (Å²) >= 11 is 1.49. The lowest BCUT2D eigenvalue weighted by molar-refractivity contribution is -0.144. The fourth-order valence-corrected chi connectivity index (χ4v) is 2.39. The zero-order valence-electron chi connectivity index (χ0n) is 8.92. The zero-order valence-corrected chi connectivity index (χ0v) is 9.74. The molecule has 0 saturated carbocycles. The lowest BCUT2D eigenvalue weighted by atomic mass is 9.87. The minimum Gasteiger partial charge on any atom is -0.481 e. The lowest BCUT2D eigenvalue weighted by Gasteiger charge is -2.41. The molecule has 5 heteroatoms. The molecule has 1 fully saturated rings. The molecule has 4 nitrogen and oxygen atoms in total. The first-order chi connectivity index (χ1) is 7.59. The predicted molar refractivity (Wildman–Crippen MR) is 60.5 cm³/mol. The monoisotopic (exact) mass is 239 g/mol. The van der Waals surface area contributed by atoms with Crippen LogP contribution in [0.4, 0.5) is 0 Å². The molecule has 2 rings (SSSR count). The van der Waals surface area contributed by atoms with Gasteiger partial charge in [-0.1, -0.05) is 6.92 Å². The quantitative estimate of drug-likeness (QED) is 0.870. The highest BCUT2D eigenvalue weighted by molar-refractivity contribution is 7.08. The van der Waals surface area contributed by atoms with Crippen LogP contribution in [0.2, 0.25) is 0 Å². The van der Waals surface area contributed by atoms with Crippen molar-refractivity contribution in [1.29, 1.82) is 0 Å². The summed E-state index contributed by atoms with van der Waals surface area (Å²) in [5.74, 6) is -1.05. The van der Waals surface area contributed by atoms with E-state index in [-0.39, 0.29) is 17.7 Å². The summed E-state index contributed by atoms with van der Waals surface area (Å²) in [4.78, 5) is 24.2. The average molecular weight is 239 g/mol. The SMILES string of the molecule is CC(C(=O)O)C1CN(C(=O)c2ccsc2)C1. The zero-order chi connectivity index (χ0) is 11.7. The van der Waals surface area contributed by atoms with Gasteiger partial charge in [0.2, 0.25) is 0 Å². The Morgan fingerprint density at radius 1 is 1.56 bits per heavy atom. The minimum absolute atomic E-state index is 0.00934. The predicted octanol–water partition coefficient (Wildman–Crippen LogP) is 1.54. The maximum atomic E-state index is 11.8. The van der Waals surface area contributed by atoms with Gasteiger partial charge in [0.25, 0.3) is 5.91 Å². The van der Waals surface area contributed by atoms with Crippen molar-refractivity contribution < 1.29 is 14.7 Å². The highest BCUT2D eigenvalue weighted by Gasteiger charge is 2.37. The van der Waals surface area contributed by atoms with Crippen molar-refractivity contribution in [2.24, 2.45) is 11.8 Å². The third kappa shape index (κ3) is 1.95. The summed E-state index contributed by atoms with van der Waals surface area (Å²) in [5, 5.41) is 12.5. The molecule has 86 valence electrons. The van der Waals surface area contributed by atoms with Gasteiger partial charge < -0.3 is 10.0 Å². The Bertz CT molecular complexity index is 395. The molecule has 1 aliphatic heterocycles. The third-order valence-corrected chi connectivity index (χ3v) is 3.74. The number of hydrogen-bond donors (Lipinski definition) is 1. The maximum Gasteiger partial charge on any atom is 0.306 e. The second-order valence-electron chi connectivity index (χ2n) is 4.11. The number of nitrogens with zero attached hydrogens (tertiary/aromatic N) is 1. The number of likely N-dealkylation sites (tertiary alicyclic amines) is 1. The number of aliphatic carboxylic acids is 1. The molecule has 1 aromatic rings. The van der Waals surface area contributed by atoms with Crippen LogP contribution in [0.1, 0.15) is 17.3 Å².